The molecule has 0 radical (unpaired) electrons. The van der Waals surface area contributed by atoms with Gasteiger partial charge in [0.15, 0.2) is 0 Å². The molecule has 0 bridgehead atoms. The van der Waals surface area contributed by atoms with E-state index in [0.29, 0.717) is 10.6 Å². The van der Waals surface area contributed by atoms with Gasteiger partial charge in [0.05, 0.1) is 6.42 Å². The highest BCUT2D eigenvalue weighted by molar-refractivity contribution is 6.30. The number of rotatable bonds is 8. The monoisotopic (exact) mass is 404 g/mol. The summed E-state index contributed by atoms with van der Waals surface area (Å²) in [6, 6.07) is 12.5. The minimum atomic E-state index is -0.728. The lowest BCUT2D eigenvalue weighted by Crippen LogP contribution is -2.50. The summed E-state index contributed by atoms with van der Waals surface area (Å²) in [6.45, 7) is 5.56. The average molecular weight is 405 g/mol. The lowest BCUT2D eigenvalue weighted by Gasteiger charge is -2.30. The number of carbonyl (C=O) groups excluding carboxylic acids is 2. The molecule has 4 nitrogen and oxygen atoms in total. The van der Waals surface area contributed by atoms with Crippen LogP contribution in [0.3, 0.4) is 0 Å². The van der Waals surface area contributed by atoms with Gasteiger partial charge in [0.1, 0.15) is 11.9 Å². The van der Waals surface area contributed by atoms with Crippen molar-refractivity contribution in [1.29, 1.82) is 0 Å². The zero-order valence-corrected chi connectivity index (χ0v) is 17.2. The van der Waals surface area contributed by atoms with Gasteiger partial charge in [-0.1, -0.05) is 48.9 Å². The van der Waals surface area contributed by atoms with Crippen LogP contribution in [0.5, 0.6) is 0 Å². The first-order valence-electron chi connectivity index (χ1n) is 9.39. The largest absolute Gasteiger partial charge is 0.352 e. The molecular formula is C22H26ClFN2O2. The van der Waals surface area contributed by atoms with Crippen LogP contribution in [0.25, 0.3) is 0 Å². The zero-order chi connectivity index (χ0) is 20.7. The van der Waals surface area contributed by atoms with E-state index in [0.717, 1.165) is 12.0 Å². The number of halogens is 2. The van der Waals surface area contributed by atoms with Crippen LogP contribution in [0, 0.1) is 5.82 Å². The Bertz CT molecular complexity index is 810. The fraction of sp³-hybridized carbons (Fsp3) is 0.364. The summed E-state index contributed by atoms with van der Waals surface area (Å²) in [7, 11) is 0. The fourth-order valence-electron chi connectivity index (χ4n) is 2.74. The summed E-state index contributed by atoms with van der Waals surface area (Å²) in [6.07, 6.45) is 0.886. The summed E-state index contributed by atoms with van der Waals surface area (Å²) in [5, 5.41) is 3.48. The molecule has 2 aromatic carbocycles. The molecular weight excluding hydrogens is 379 g/mol. The molecule has 28 heavy (non-hydrogen) atoms. The van der Waals surface area contributed by atoms with Gasteiger partial charge in [0.2, 0.25) is 11.8 Å². The predicted octanol–water partition coefficient (Wildman–Crippen LogP) is 4.35. The highest BCUT2D eigenvalue weighted by atomic mass is 35.5. The summed E-state index contributed by atoms with van der Waals surface area (Å²) < 4.78 is 14.2. The van der Waals surface area contributed by atoms with Gasteiger partial charge in [-0.05, 0) is 44.0 Å². The molecule has 2 atom stereocenters. The molecule has 2 rings (SSSR count). The van der Waals surface area contributed by atoms with Gasteiger partial charge in [-0.15, -0.1) is 0 Å². The Labute approximate surface area is 170 Å². The molecule has 0 unspecified atom stereocenters. The Hall–Kier alpha value is -2.40. The van der Waals surface area contributed by atoms with Gasteiger partial charge in [-0.3, -0.25) is 9.59 Å². The van der Waals surface area contributed by atoms with E-state index in [1.807, 2.05) is 13.8 Å². The Kier molecular flexibility index (Phi) is 8.00. The van der Waals surface area contributed by atoms with Crippen molar-refractivity contribution in [2.45, 2.75) is 52.2 Å². The maximum absolute atomic E-state index is 14.2. The summed E-state index contributed by atoms with van der Waals surface area (Å²) in [5.74, 6) is -0.908. The number of benzene rings is 2. The van der Waals surface area contributed by atoms with Gasteiger partial charge in [-0.25, -0.2) is 4.39 Å². The summed E-state index contributed by atoms with van der Waals surface area (Å²) in [5.41, 5.74) is 1.15. The van der Waals surface area contributed by atoms with Crippen LogP contribution in [-0.4, -0.2) is 28.8 Å². The second-order valence-electron chi connectivity index (χ2n) is 6.91. The van der Waals surface area contributed by atoms with Crippen molar-refractivity contribution < 1.29 is 14.0 Å². The van der Waals surface area contributed by atoms with Crippen molar-refractivity contribution in [1.82, 2.24) is 10.2 Å². The molecule has 0 aromatic heterocycles. The van der Waals surface area contributed by atoms with E-state index in [-0.39, 0.29) is 30.8 Å². The van der Waals surface area contributed by atoms with Gasteiger partial charge >= 0.3 is 0 Å². The Balaban J connectivity index is 2.23. The molecule has 0 heterocycles. The van der Waals surface area contributed by atoms with Crippen molar-refractivity contribution >= 4 is 23.4 Å². The minimum absolute atomic E-state index is 0.00312. The SMILES string of the molecule is CC[C@@H](C)NC(=O)[C@H](C)N(Cc1ccccc1F)C(=O)Cc1ccc(Cl)cc1. The summed E-state index contributed by atoms with van der Waals surface area (Å²) in [4.78, 5) is 27.0. The molecule has 0 aliphatic carbocycles. The zero-order valence-electron chi connectivity index (χ0n) is 16.4. The number of amides is 2. The van der Waals surface area contributed by atoms with Crippen LogP contribution in [-0.2, 0) is 22.6 Å². The Morgan fingerprint density at radius 1 is 1.11 bits per heavy atom. The molecule has 0 aliphatic rings. The smallest absolute Gasteiger partial charge is 0.242 e. The van der Waals surface area contributed by atoms with E-state index < -0.39 is 11.9 Å². The quantitative estimate of drug-likeness (QED) is 0.710. The number of carbonyl (C=O) groups is 2. The molecule has 150 valence electrons. The number of nitrogens with zero attached hydrogens (tertiary/aromatic N) is 1. The predicted molar refractivity (Wildman–Crippen MR) is 109 cm³/mol. The molecule has 1 N–H and O–H groups in total. The highest BCUT2D eigenvalue weighted by Gasteiger charge is 2.27. The molecule has 6 heteroatoms. The highest BCUT2D eigenvalue weighted by Crippen LogP contribution is 2.16. The van der Waals surface area contributed by atoms with Crippen LogP contribution in [0.4, 0.5) is 4.39 Å². The Morgan fingerprint density at radius 2 is 1.75 bits per heavy atom. The third-order valence-corrected chi connectivity index (χ3v) is 4.99. The standard InChI is InChI=1S/C22H26ClFN2O2/c1-4-15(2)25-22(28)16(3)26(14-18-7-5-6-8-20(18)24)21(27)13-17-9-11-19(23)12-10-17/h5-12,15-16H,4,13-14H2,1-3H3,(H,25,28)/t15-,16+/m1/s1. The van der Waals surface area contributed by atoms with Crippen molar-refractivity contribution in [2.24, 2.45) is 0 Å². The topological polar surface area (TPSA) is 49.4 Å². The van der Waals surface area contributed by atoms with Gasteiger partial charge in [0, 0.05) is 23.2 Å². The van der Waals surface area contributed by atoms with Crippen LogP contribution in [0.15, 0.2) is 48.5 Å². The van der Waals surface area contributed by atoms with Crippen LogP contribution in [0.1, 0.15) is 38.3 Å². The van der Waals surface area contributed by atoms with Gasteiger partial charge in [0.25, 0.3) is 0 Å². The Morgan fingerprint density at radius 3 is 2.36 bits per heavy atom. The second-order valence-corrected chi connectivity index (χ2v) is 7.35. The fourth-order valence-corrected chi connectivity index (χ4v) is 2.86. The molecule has 2 aromatic rings. The molecule has 0 fully saturated rings. The number of hydrogen-bond acceptors (Lipinski definition) is 2. The third-order valence-electron chi connectivity index (χ3n) is 4.74. The molecule has 0 aliphatic heterocycles. The van der Waals surface area contributed by atoms with E-state index in [2.05, 4.69) is 5.32 Å². The number of hydrogen-bond donors (Lipinski definition) is 1. The van der Waals surface area contributed by atoms with Crippen LogP contribution < -0.4 is 5.32 Å². The number of nitrogens with one attached hydrogen (secondary N) is 1. The molecule has 0 spiro atoms. The normalized spacial score (nSPS) is 12.9. The van der Waals surface area contributed by atoms with E-state index in [1.54, 1.807) is 49.4 Å². The maximum atomic E-state index is 14.2. The molecule has 0 saturated carbocycles. The maximum Gasteiger partial charge on any atom is 0.242 e. The van der Waals surface area contributed by atoms with Crippen LogP contribution in [0.2, 0.25) is 5.02 Å². The van der Waals surface area contributed by atoms with Crippen LogP contribution >= 0.6 is 11.6 Å². The van der Waals surface area contributed by atoms with E-state index in [9.17, 15) is 14.0 Å². The first-order chi connectivity index (χ1) is 13.3. The summed E-state index contributed by atoms with van der Waals surface area (Å²) >= 11 is 5.90. The van der Waals surface area contributed by atoms with E-state index in [4.69, 9.17) is 11.6 Å². The van der Waals surface area contributed by atoms with Crippen molar-refractivity contribution in [2.75, 3.05) is 0 Å². The third kappa shape index (κ3) is 6.06. The van der Waals surface area contributed by atoms with E-state index in [1.165, 1.54) is 11.0 Å². The second kappa shape index (κ2) is 10.2. The first-order valence-corrected chi connectivity index (χ1v) is 9.77. The lowest BCUT2D eigenvalue weighted by molar-refractivity contribution is -0.140. The molecule has 0 saturated heterocycles. The minimum Gasteiger partial charge on any atom is -0.352 e. The van der Waals surface area contributed by atoms with Crippen molar-refractivity contribution in [3.63, 3.8) is 0 Å². The van der Waals surface area contributed by atoms with Gasteiger partial charge in [-0.2, -0.15) is 0 Å². The van der Waals surface area contributed by atoms with Crippen molar-refractivity contribution in [3.8, 4) is 0 Å². The van der Waals surface area contributed by atoms with Crippen molar-refractivity contribution in [3.05, 3.63) is 70.5 Å². The lowest BCUT2D eigenvalue weighted by atomic mass is 10.1. The van der Waals surface area contributed by atoms with Gasteiger partial charge < -0.3 is 10.2 Å². The van der Waals surface area contributed by atoms with E-state index >= 15 is 0 Å². The average Bonchev–Trinajstić information content (AvgIpc) is 2.68. The first kappa shape index (κ1) is 21.9. The molecule has 2 amide bonds.